The molecule has 0 saturated heterocycles. The number of carbonyl (C=O) groups is 1. The van der Waals surface area contributed by atoms with E-state index in [1.54, 1.807) is 36.7 Å². The number of hydrogen-bond acceptors (Lipinski definition) is 8. The van der Waals surface area contributed by atoms with Crippen molar-refractivity contribution in [2.24, 2.45) is 0 Å². The van der Waals surface area contributed by atoms with Crippen LogP contribution in [-0.4, -0.2) is 36.1 Å². The number of para-hydroxylation sites is 1. The average molecular weight is 497 g/mol. The molecule has 4 aromatic rings. The highest BCUT2D eigenvalue weighted by Gasteiger charge is 2.32. The summed E-state index contributed by atoms with van der Waals surface area (Å²) in [5, 5.41) is 3.85. The van der Waals surface area contributed by atoms with Crippen molar-refractivity contribution in [2.75, 3.05) is 10.8 Å². The first-order valence-electron chi connectivity index (χ1n) is 10.2. The van der Waals surface area contributed by atoms with Crippen molar-refractivity contribution in [1.82, 2.24) is 15.1 Å². The number of aromatic nitrogens is 3. The van der Waals surface area contributed by atoms with Crippen LogP contribution in [-0.2, 0) is 27.8 Å². The second-order valence-corrected chi connectivity index (χ2v) is 9.67. The number of esters is 1. The molecule has 172 valence electrons. The fourth-order valence-corrected chi connectivity index (χ4v) is 5.65. The maximum absolute atomic E-state index is 13.4. The number of hydrogen-bond donors (Lipinski definition) is 0. The van der Waals surface area contributed by atoms with Crippen LogP contribution in [0.2, 0.25) is 5.02 Å². The normalized spacial score (nSPS) is 13.0. The van der Waals surface area contributed by atoms with Crippen LogP contribution in [0.15, 0.2) is 76.4 Å². The largest absolute Gasteiger partial charge is 0.452 e. The lowest BCUT2D eigenvalue weighted by Gasteiger charge is -2.20. The van der Waals surface area contributed by atoms with Gasteiger partial charge in [0, 0.05) is 24.5 Å². The Balaban J connectivity index is 1.34. The third-order valence-electron chi connectivity index (χ3n) is 5.29. The van der Waals surface area contributed by atoms with Crippen molar-refractivity contribution in [1.29, 1.82) is 0 Å². The summed E-state index contributed by atoms with van der Waals surface area (Å²) in [5.41, 5.74) is 2.22. The van der Waals surface area contributed by atoms with Crippen molar-refractivity contribution in [2.45, 2.75) is 17.9 Å². The van der Waals surface area contributed by atoms with E-state index >= 15 is 0 Å². The van der Waals surface area contributed by atoms with E-state index in [4.69, 9.17) is 20.9 Å². The fraction of sp³-hybridized carbons (Fsp3) is 0.130. The van der Waals surface area contributed by atoms with Crippen LogP contribution in [0.4, 0.5) is 5.69 Å². The monoisotopic (exact) mass is 496 g/mol. The molecule has 11 heteroatoms. The smallest absolute Gasteiger partial charge is 0.338 e. The van der Waals surface area contributed by atoms with E-state index in [1.165, 1.54) is 22.5 Å². The van der Waals surface area contributed by atoms with Crippen LogP contribution in [0.5, 0.6) is 0 Å². The van der Waals surface area contributed by atoms with E-state index in [9.17, 15) is 13.2 Å². The van der Waals surface area contributed by atoms with Gasteiger partial charge in [0.15, 0.2) is 6.61 Å². The molecule has 2 aromatic heterocycles. The van der Waals surface area contributed by atoms with Gasteiger partial charge in [0.05, 0.1) is 16.3 Å². The summed E-state index contributed by atoms with van der Waals surface area (Å²) in [6.45, 7) is 0.0133. The molecule has 0 N–H and O–H groups in total. The Hall–Kier alpha value is -3.76. The van der Waals surface area contributed by atoms with Gasteiger partial charge in [-0.3, -0.25) is 9.29 Å². The number of anilines is 1. The second-order valence-electron chi connectivity index (χ2n) is 7.43. The van der Waals surface area contributed by atoms with Crippen LogP contribution in [0.25, 0.3) is 11.4 Å². The molecular weight excluding hydrogens is 480 g/mol. The quantitative estimate of drug-likeness (QED) is 0.369. The molecule has 2 aromatic carbocycles. The number of pyridine rings is 1. The zero-order valence-electron chi connectivity index (χ0n) is 17.6. The summed E-state index contributed by atoms with van der Waals surface area (Å²) in [5.74, 6) is -0.358. The molecule has 0 aliphatic carbocycles. The second kappa shape index (κ2) is 8.88. The Kier molecular flexibility index (Phi) is 5.76. The molecular formula is C23H17ClN4O5S. The molecule has 5 rings (SSSR count). The van der Waals surface area contributed by atoms with Crippen LogP contribution in [0.3, 0.4) is 0 Å². The van der Waals surface area contributed by atoms with Crippen LogP contribution >= 0.6 is 11.6 Å². The number of rotatable bonds is 6. The highest BCUT2D eigenvalue weighted by atomic mass is 35.5. The fourth-order valence-electron chi connectivity index (χ4n) is 3.64. The molecule has 0 fully saturated rings. The van der Waals surface area contributed by atoms with Gasteiger partial charge < -0.3 is 9.26 Å². The molecule has 0 unspecified atom stereocenters. The van der Waals surface area contributed by atoms with Crippen molar-refractivity contribution in [3.63, 3.8) is 0 Å². The minimum atomic E-state index is -3.99. The molecule has 0 amide bonds. The van der Waals surface area contributed by atoms with Gasteiger partial charge in [-0.25, -0.2) is 13.2 Å². The minimum Gasteiger partial charge on any atom is -0.452 e. The molecule has 0 spiro atoms. The van der Waals surface area contributed by atoms with E-state index in [0.29, 0.717) is 30.0 Å². The zero-order chi connectivity index (χ0) is 23.7. The topological polar surface area (TPSA) is 115 Å². The van der Waals surface area contributed by atoms with Crippen LogP contribution in [0, 0.1) is 0 Å². The molecule has 34 heavy (non-hydrogen) atoms. The van der Waals surface area contributed by atoms with Gasteiger partial charge in [-0.2, -0.15) is 4.98 Å². The third-order valence-corrected chi connectivity index (χ3v) is 7.59. The SMILES string of the molecule is O=C(OCc1nc(-c2cccnc2)no1)c1ccc(Cl)c(S(=O)(=O)N2CCc3ccccc32)c1. The number of nitrogens with zero attached hydrogens (tertiary/aromatic N) is 4. The number of fused-ring (bicyclic) bond motifs is 1. The van der Waals surface area contributed by atoms with E-state index in [2.05, 4.69) is 15.1 Å². The molecule has 0 bridgehead atoms. The van der Waals surface area contributed by atoms with Crippen LogP contribution < -0.4 is 4.31 Å². The van der Waals surface area contributed by atoms with Gasteiger partial charge >= 0.3 is 5.97 Å². The first-order valence-corrected chi connectivity index (χ1v) is 12.1. The highest BCUT2D eigenvalue weighted by molar-refractivity contribution is 7.93. The lowest BCUT2D eigenvalue weighted by atomic mass is 10.2. The Morgan fingerprint density at radius 2 is 2.00 bits per heavy atom. The summed E-state index contributed by atoms with van der Waals surface area (Å²) in [7, 11) is -3.99. The van der Waals surface area contributed by atoms with E-state index in [1.807, 2.05) is 12.1 Å². The Morgan fingerprint density at radius 1 is 1.15 bits per heavy atom. The summed E-state index contributed by atoms with van der Waals surface area (Å²) >= 11 is 6.23. The Bertz CT molecular complexity index is 1470. The van der Waals surface area contributed by atoms with Crippen LogP contribution in [0.1, 0.15) is 21.8 Å². The van der Waals surface area contributed by atoms with E-state index in [-0.39, 0.29) is 28.0 Å². The predicted molar refractivity (Wildman–Crippen MR) is 123 cm³/mol. The molecule has 9 nitrogen and oxygen atoms in total. The summed E-state index contributed by atoms with van der Waals surface area (Å²) in [6.07, 6.45) is 3.80. The first kappa shape index (κ1) is 22.1. The summed E-state index contributed by atoms with van der Waals surface area (Å²) < 4.78 is 38.4. The maximum atomic E-state index is 13.4. The van der Waals surface area contributed by atoms with Crippen molar-refractivity contribution >= 4 is 33.3 Å². The predicted octanol–water partition coefficient (Wildman–Crippen LogP) is 3.89. The van der Waals surface area contributed by atoms with Gasteiger partial charge in [0.25, 0.3) is 15.9 Å². The first-order chi connectivity index (χ1) is 16.4. The lowest BCUT2D eigenvalue weighted by molar-refractivity contribution is 0.0429. The molecule has 0 saturated carbocycles. The number of carbonyl (C=O) groups excluding carboxylic acids is 1. The van der Waals surface area contributed by atoms with Crippen molar-refractivity contribution in [3.8, 4) is 11.4 Å². The van der Waals surface area contributed by atoms with Gasteiger partial charge in [0.1, 0.15) is 4.90 Å². The van der Waals surface area contributed by atoms with Gasteiger partial charge in [-0.1, -0.05) is 35.0 Å². The molecule has 0 atom stereocenters. The van der Waals surface area contributed by atoms with Gasteiger partial charge in [-0.15, -0.1) is 0 Å². The molecule has 0 radical (unpaired) electrons. The Morgan fingerprint density at radius 3 is 2.82 bits per heavy atom. The van der Waals surface area contributed by atoms with E-state index in [0.717, 1.165) is 5.56 Å². The maximum Gasteiger partial charge on any atom is 0.338 e. The molecule has 3 heterocycles. The average Bonchev–Trinajstić information content (AvgIpc) is 3.51. The summed E-state index contributed by atoms with van der Waals surface area (Å²) in [6, 6.07) is 14.8. The minimum absolute atomic E-state index is 0.0129. The number of sulfonamides is 1. The van der Waals surface area contributed by atoms with E-state index < -0.39 is 16.0 Å². The van der Waals surface area contributed by atoms with Gasteiger partial charge in [0.2, 0.25) is 5.82 Å². The van der Waals surface area contributed by atoms with Crippen molar-refractivity contribution < 1.29 is 22.5 Å². The standard InChI is InChI=1S/C23H17ClN4O5S/c24-18-8-7-16(12-20(18)34(30,31)28-11-9-15-4-1-2-6-19(15)28)23(29)32-14-21-26-22(27-33-21)17-5-3-10-25-13-17/h1-8,10,12-13H,9,11,14H2. The van der Waals surface area contributed by atoms with Gasteiger partial charge in [-0.05, 0) is 48.4 Å². The van der Waals surface area contributed by atoms with Crippen molar-refractivity contribution in [3.05, 3.63) is 89.0 Å². The highest BCUT2D eigenvalue weighted by Crippen LogP contribution is 2.35. The number of ether oxygens (including phenoxy) is 1. The summed E-state index contributed by atoms with van der Waals surface area (Å²) in [4.78, 5) is 20.6. The Labute approximate surface area is 200 Å². The molecule has 1 aliphatic heterocycles. The number of benzene rings is 2. The third kappa shape index (κ3) is 4.13. The lowest BCUT2D eigenvalue weighted by Crippen LogP contribution is -2.29. The number of halogens is 1. The zero-order valence-corrected chi connectivity index (χ0v) is 19.2. The molecule has 1 aliphatic rings.